The Morgan fingerprint density at radius 2 is 1.92 bits per heavy atom. The van der Waals surface area contributed by atoms with Crippen molar-refractivity contribution in [1.82, 2.24) is 15.0 Å². The van der Waals surface area contributed by atoms with Crippen molar-refractivity contribution >= 4 is 39.4 Å². The molecule has 3 aromatic heterocycles. The highest BCUT2D eigenvalue weighted by Crippen LogP contribution is 2.29. The minimum atomic E-state index is 0.791. The number of hydrogen-bond acceptors (Lipinski definition) is 6. The maximum Gasteiger partial charge on any atom is 0.172 e. The summed E-state index contributed by atoms with van der Waals surface area (Å²) in [6, 6.07) is 12.3. The summed E-state index contributed by atoms with van der Waals surface area (Å²) in [4.78, 5) is 17.2. The maximum absolute atomic E-state index is 4.85. The van der Waals surface area contributed by atoms with Crippen molar-refractivity contribution in [3.63, 3.8) is 0 Å². The monoisotopic (exact) mass is 352 g/mol. The first kappa shape index (κ1) is 15.2. The van der Waals surface area contributed by atoms with Crippen molar-refractivity contribution in [2.24, 2.45) is 0 Å². The molecule has 0 unspecified atom stereocenters. The Labute approximate surface area is 148 Å². The van der Waals surface area contributed by atoms with Crippen LogP contribution in [0.25, 0.3) is 21.6 Å². The zero-order valence-corrected chi connectivity index (χ0v) is 14.8. The predicted octanol–water partition coefficient (Wildman–Crippen LogP) is 4.49. The summed E-state index contributed by atoms with van der Waals surface area (Å²) in [6.07, 6.45) is 2.77. The molecule has 4 aromatic rings. The summed E-state index contributed by atoms with van der Waals surface area (Å²) in [5.41, 5.74) is 0.979. The molecule has 4 rings (SSSR count). The Morgan fingerprint density at radius 3 is 2.71 bits per heavy atom. The molecule has 0 saturated heterocycles. The smallest absolute Gasteiger partial charge is 0.172 e. The Kier molecular flexibility index (Phi) is 4.23. The van der Waals surface area contributed by atoms with Crippen molar-refractivity contribution in [2.45, 2.75) is 6.42 Å². The lowest BCUT2D eigenvalue weighted by Crippen LogP contribution is -2.22. The number of anilines is 1. The van der Waals surface area contributed by atoms with Crippen molar-refractivity contribution in [3.8, 4) is 10.7 Å². The molecule has 0 fully saturated rings. The van der Waals surface area contributed by atoms with Crippen molar-refractivity contribution in [2.75, 3.05) is 18.5 Å². The average Bonchev–Trinajstić information content (AvgIpc) is 3.32. The molecule has 4 nitrogen and oxygen atoms in total. The van der Waals surface area contributed by atoms with E-state index in [9.17, 15) is 0 Å². The van der Waals surface area contributed by atoms with Crippen molar-refractivity contribution in [1.29, 1.82) is 0 Å². The van der Waals surface area contributed by atoms with Gasteiger partial charge < -0.3 is 4.90 Å². The van der Waals surface area contributed by atoms with E-state index >= 15 is 0 Å². The zero-order chi connectivity index (χ0) is 16.4. The van der Waals surface area contributed by atoms with Crippen LogP contribution in [0, 0.1) is 0 Å². The lowest BCUT2D eigenvalue weighted by Gasteiger charge is -2.20. The SMILES string of the molecule is CN(CCc1nccs1)c1nc(-c2cccs2)nc2ccccc12. The van der Waals surface area contributed by atoms with Gasteiger partial charge >= 0.3 is 0 Å². The van der Waals surface area contributed by atoms with Gasteiger partial charge in [-0.15, -0.1) is 22.7 Å². The van der Waals surface area contributed by atoms with E-state index in [1.807, 2.05) is 35.8 Å². The third-order valence-electron chi connectivity index (χ3n) is 3.83. The molecule has 3 heterocycles. The van der Waals surface area contributed by atoms with E-state index in [0.717, 1.165) is 45.4 Å². The minimum absolute atomic E-state index is 0.791. The zero-order valence-electron chi connectivity index (χ0n) is 13.2. The first-order valence-corrected chi connectivity index (χ1v) is 9.47. The molecule has 120 valence electrons. The average molecular weight is 352 g/mol. The molecule has 1 aromatic carbocycles. The Balaban J connectivity index is 1.72. The van der Waals surface area contributed by atoms with Gasteiger partial charge in [-0.25, -0.2) is 15.0 Å². The fourth-order valence-electron chi connectivity index (χ4n) is 2.61. The van der Waals surface area contributed by atoms with Gasteiger partial charge in [0.05, 0.1) is 15.4 Å². The highest BCUT2D eigenvalue weighted by atomic mass is 32.1. The first-order valence-electron chi connectivity index (χ1n) is 7.71. The topological polar surface area (TPSA) is 41.9 Å². The van der Waals surface area contributed by atoms with Gasteiger partial charge in [0.25, 0.3) is 0 Å². The number of hydrogen-bond donors (Lipinski definition) is 0. The molecule has 0 aliphatic carbocycles. The number of nitrogens with zero attached hydrogens (tertiary/aromatic N) is 4. The van der Waals surface area contributed by atoms with E-state index in [0.29, 0.717) is 0 Å². The van der Waals surface area contributed by atoms with E-state index in [-0.39, 0.29) is 0 Å². The van der Waals surface area contributed by atoms with Gasteiger partial charge in [-0.05, 0) is 23.6 Å². The summed E-state index contributed by atoms with van der Waals surface area (Å²) in [6.45, 7) is 0.873. The molecule has 0 atom stereocenters. The van der Waals surface area contributed by atoms with Gasteiger partial charge in [0.15, 0.2) is 5.82 Å². The molecule has 0 bridgehead atoms. The van der Waals surface area contributed by atoms with Crippen LogP contribution < -0.4 is 4.90 Å². The third-order valence-corrected chi connectivity index (χ3v) is 5.54. The Morgan fingerprint density at radius 1 is 1.00 bits per heavy atom. The van der Waals surface area contributed by atoms with Crippen molar-refractivity contribution in [3.05, 3.63) is 58.4 Å². The number of rotatable bonds is 5. The molecule has 6 heteroatoms. The van der Waals surface area contributed by atoms with Crippen LogP contribution >= 0.6 is 22.7 Å². The summed E-state index contributed by atoms with van der Waals surface area (Å²) in [7, 11) is 2.08. The van der Waals surface area contributed by atoms with Crippen LogP contribution in [0.1, 0.15) is 5.01 Å². The van der Waals surface area contributed by atoms with Crippen LogP contribution in [0.15, 0.2) is 53.4 Å². The number of aromatic nitrogens is 3. The van der Waals surface area contributed by atoms with Crippen LogP contribution in [0.2, 0.25) is 0 Å². The standard InChI is InChI=1S/C18H16N4S2/c1-22(10-8-16-19-9-12-24-16)18-13-5-2-3-6-14(13)20-17(21-18)15-7-4-11-23-15/h2-7,9,11-12H,8,10H2,1H3. The third kappa shape index (κ3) is 3.02. The number of thiophene rings is 1. The van der Waals surface area contributed by atoms with Crippen molar-refractivity contribution < 1.29 is 0 Å². The second-order valence-electron chi connectivity index (χ2n) is 5.46. The number of likely N-dealkylation sites (N-methyl/N-ethyl adjacent to an activating group) is 1. The van der Waals surface area contributed by atoms with Gasteiger partial charge in [-0.3, -0.25) is 0 Å². The molecule has 0 amide bonds. The highest BCUT2D eigenvalue weighted by Gasteiger charge is 2.13. The van der Waals surface area contributed by atoms with E-state index in [2.05, 4.69) is 34.4 Å². The number of benzene rings is 1. The molecule has 24 heavy (non-hydrogen) atoms. The lowest BCUT2D eigenvalue weighted by atomic mass is 10.2. The predicted molar refractivity (Wildman–Crippen MR) is 102 cm³/mol. The second kappa shape index (κ2) is 6.67. The van der Waals surface area contributed by atoms with E-state index in [1.54, 1.807) is 22.7 Å². The molecule has 0 aliphatic rings. The van der Waals surface area contributed by atoms with E-state index < -0.39 is 0 Å². The highest BCUT2D eigenvalue weighted by molar-refractivity contribution is 7.13. The van der Waals surface area contributed by atoms with Crippen LogP contribution in [0.3, 0.4) is 0 Å². The summed E-state index contributed by atoms with van der Waals surface area (Å²) in [5.74, 6) is 1.76. The second-order valence-corrected chi connectivity index (χ2v) is 7.39. The largest absolute Gasteiger partial charge is 0.359 e. The van der Waals surface area contributed by atoms with Gasteiger partial charge in [-0.2, -0.15) is 0 Å². The van der Waals surface area contributed by atoms with Gasteiger partial charge in [0, 0.05) is 37.0 Å². The molecule has 0 aliphatic heterocycles. The van der Waals surface area contributed by atoms with E-state index in [1.165, 1.54) is 0 Å². The number of thiazole rings is 1. The van der Waals surface area contributed by atoms with Gasteiger partial charge in [0.1, 0.15) is 5.82 Å². The normalized spacial score (nSPS) is 11.0. The Hall–Kier alpha value is -2.31. The fraction of sp³-hybridized carbons (Fsp3) is 0.167. The first-order chi connectivity index (χ1) is 11.8. The molecule has 0 saturated carbocycles. The molecule has 0 radical (unpaired) electrons. The molecule has 0 spiro atoms. The van der Waals surface area contributed by atoms with Crippen LogP contribution in [-0.4, -0.2) is 28.5 Å². The molecular weight excluding hydrogens is 336 g/mol. The fourth-order valence-corrected chi connectivity index (χ4v) is 3.88. The summed E-state index contributed by atoms with van der Waals surface area (Å²) < 4.78 is 0. The van der Waals surface area contributed by atoms with Crippen LogP contribution in [-0.2, 0) is 6.42 Å². The minimum Gasteiger partial charge on any atom is -0.359 e. The maximum atomic E-state index is 4.85. The van der Waals surface area contributed by atoms with E-state index in [4.69, 9.17) is 9.97 Å². The number of para-hydroxylation sites is 1. The summed E-state index contributed by atoms with van der Waals surface area (Å²) in [5, 5.41) is 6.31. The van der Waals surface area contributed by atoms with Gasteiger partial charge in [-0.1, -0.05) is 18.2 Å². The van der Waals surface area contributed by atoms with Crippen LogP contribution in [0.5, 0.6) is 0 Å². The van der Waals surface area contributed by atoms with Gasteiger partial charge in [0.2, 0.25) is 0 Å². The number of fused-ring (bicyclic) bond motifs is 1. The molecular formula is C18H16N4S2. The molecule has 0 N–H and O–H groups in total. The quantitative estimate of drug-likeness (QED) is 0.530. The lowest BCUT2D eigenvalue weighted by molar-refractivity contribution is 0.857. The van der Waals surface area contributed by atoms with Crippen LogP contribution in [0.4, 0.5) is 5.82 Å². The summed E-state index contributed by atoms with van der Waals surface area (Å²) >= 11 is 3.36. The Bertz CT molecular complexity index is 933.